The van der Waals surface area contributed by atoms with Gasteiger partial charge in [0.15, 0.2) is 0 Å². The van der Waals surface area contributed by atoms with E-state index in [0.29, 0.717) is 0 Å². The molecule has 0 saturated carbocycles. The maximum Gasteiger partial charge on any atom is 0.0677 e. The van der Waals surface area contributed by atoms with Crippen LogP contribution in [0, 0.1) is 0 Å². The van der Waals surface area contributed by atoms with Crippen LogP contribution in [0.5, 0.6) is 0 Å². The molecule has 0 radical (unpaired) electrons. The summed E-state index contributed by atoms with van der Waals surface area (Å²) in [5.41, 5.74) is 1.35. The molecule has 3 heteroatoms. The number of hydrogen-bond donors (Lipinski definition) is 0. The van der Waals surface area contributed by atoms with Crippen molar-refractivity contribution in [1.29, 1.82) is 0 Å². The lowest BCUT2D eigenvalue weighted by Crippen LogP contribution is -2.32. The van der Waals surface area contributed by atoms with Crippen LogP contribution in [0.15, 0.2) is 12.3 Å². The van der Waals surface area contributed by atoms with Crippen molar-refractivity contribution in [1.82, 2.24) is 14.7 Å². The molecule has 96 valence electrons. The number of likely N-dealkylation sites (tertiary alicyclic amines) is 1. The molecule has 1 aromatic heterocycles. The van der Waals surface area contributed by atoms with Gasteiger partial charge in [0.2, 0.25) is 0 Å². The van der Waals surface area contributed by atoms with Gasteiger partial charge in [-0.15, -0.1) is 0 Å². The van der Waals surface area contributed by atoms with Crippen LogP contribution in [0.3, 0.4) is 0 Å². The average molecular weight is 235 g/mol. The largest absolute Gasteiger partial charge is 0.301 e. The van der Waals surface area contributed by atoms with Crippen LogP contribution < -0.4 is 0 Å². The van der Waals surface area contributed by atoms with Gasteiger partial charge in [-0.05, 0) is 32.0 Å². The van der Waals surface area contributed by atoms with E-state index < -0.39 is 0 Å². The van der Waals surface area contributed by atoms with Gasteiger partial charge in [-0.1, -0.05) is 27.2 Å². The first-order valence-corrected chi connectivity index (χ1v) is 6.82. The van der Waals surface area contributed by atoms with Gasteiger partial charge >= 0.3 is 0 Å². The second-order valence-electron chi connectivity index (χ2n) is 6.12. The third-order valence-corrected chi connectivity index (χ3v) is 3.50. The van der Waals surface area contributed by atoms with Crippen molar-refractivity contribution in [2.75, 3.05) is 19.6 Å². The molecule has 1 fully saturated rings. The molecule has 1 aliphatic heterocycles. The summed E-state index contributed by atoms with van der Waals surface area (Å²) in [6, 6.07) is 2.15. The normalized spacial score (nSPS) is 18.5. The van der Waals surface area contributed by atoms with E-state index in [4.69, 9.17) is 0 Å². The van der Waals surface area contributed by atoms with E-state index in [1.165, 1.54) is 38.0 Å². The van der Waals surface area contributed by atoms with Crippen LogP contribution in [0.25, 0.3) is 0 Å². The number of nitrogens with zero attached hydrogens (tertiary/aromatic N) is 3. The Morgan fingerprint density at radius 3 is 2.41 bits per heavy atom. The van der Waals surface area contributed by atoms with Crippen LogP contribution in [-0.2, 0) is 12.0 Å². The zero-order valence-electron chi connectivity index (χ0n) is 11.4. The molecular weight excluding hydrogens is 210 g/mol. The van der Waals surface area contributed by atoms with Gasteiger partial charge in [0.25, 0.3) is 0 Å². The Hall–Kier alpha value is -0.830. The van der Waals surface area contributed by atoms with Gasteiger partial charge in [0.1, 0.15) is 0 Å². The third kappa shape index (κ3) is 3.56. The van der Waals surface area contributed by atoms with E-state index in [2.05, 4.69) is 47.7 Å². The Balaban J connectivity index is 1.84. The number of piperidine rings is 1. The molecule has 0 bridgehead atoms. The van der Waals surface area contributed by atoms with Gasteiger partial charge in [-0.3, -0.25) is 4.68 Å². The van der Waals surface area contributed by atoms with E-state index in [9.17, 15) is 0 Å². The van der Waals surface area contributed by atoms with Gasteiger partial charge in [0, 0.05) is 18.2 Å². The molecule has 3 nitrogen and oxygen atoms in total. The maximum atomic E-state index is 4.66. The SMILES string of the molecule is CC(C)(C)c1ccn(CCN2CCCCC2)n1. The lowest BCUT2D eigenvalue weighted by Gasteiger charge is -2.26. The van der Waals surface area contributed by atoms with E-state index >= 15 is 0 Å². The van der Waals surface area contributed by atoms with Gasteiger partial charge in [-0.25, -0.2) is 0 Å². The fourth-order valence-electron chi connectivity index (χ4n) is 2.31. The molecule has 0 aliphatic carbocycles. The third-order valence-electron chi connectivity index (χ3n) is 3.50. The molecule has 0 unspecified atom stereocenters. The Bertz CT molecular complexity index is 343. The summed E-state index contributed by atoms with van der Waals surface area (Å²) in [5.74, 6) is 0. The van der Waals surface area contributed by atoms with Gasteiger partial charge < -0.3 is 4.90 Å². The predicted molar refractivity (Wildman–Crippen MR) is 71.2 cm³/mol. The van der Waals surface area contributed by atoms with Crippen LogP contribution in [-0.4, -0.2) is 34.3 Å². The lowest BCUT2D eigenvalue weighted by molar-refractivity contribution is 0.217. The maximum absolute atomic E-state index is 4.66. The Morgan fingerprint density at radius 1 is 1.12 bits per heavy atom. The van der Waals surface area contributed by atoms with Gasteiger partial charge in [0.05, 0.1) is 12.2 Å². The molecule has 0 spiro atoms. The van der Waals surface area contributed by atoms with Crippen LogP contribution in [0.4, 0.5) is 0 Å². The van der Waals surface area contributed by atoms with Gasteiger partial charge in [-0.2, -0.15) is 5.10 Å². The highest BCUT2D eigenvalue weighted by Crippen LogP contribution is 2.19. The fourth-order valence-corrected chi connectivity index (χ4v) is 2.31. The highest BCUT2D eigenvalue weighted by atomic mass is 15.3. The Kier molecular flexibility index (Phi) is 3.87. The smallest absolute Gasteiger partial charge is 0.0677 e. The van der Waals surface area contributed by atoms with E-state index in [-0.39, 0.29) is 5.41 Å². The minimum absolute atomic E-state index is 0.163. The second kappa shape index (κ2) is 5.21. The van der Waals surface area contributed by atoms with E-state index in [1.54, 1.807) is 0 Å². The molecule has 2 rings (SSSR count). The predicted octanol–water partition coefficient (Wildman–Crippen LogP) is 2.67. The first-order chi connectivity index (χ1) is 8.05. The summed E-state index contributed by atoms with van der Waals surface area (Å²) in [7, 11) is 0. The van der Waals surface area contributed by atoms with Crippen molar-refractivity contribution in [3.8, 4) is 0 Å². The summed E-state index contributed by atoms with van der Waals surface area (Å²) >= 11 is 0. The quantitative estimate of drug-likeness (QED) is 0.803. The number of aromatic nitrogens is 2. The monoisotopic (exact) mass is 235 g/mol. The lowest BCUT2D eigenvalue weighted by atomic mass is 9.93. The minimum atomic E-state index is 0.163. The van der Waals surface area contributed by atoms with Crippen molar-refractivity contribution in [3.05, 3.63) is 18.0 Å². The first kappa shape index (κ1) is 12.6. The zero-order valence-corrected chi connectivity index (χ0v) is 11.4. The van der Waals surface area contributed by atoms with Crippen molar-refractivity contribution in [2.24, 2.45) is 0 Å². The molecule has 0 amide bonds. The number of rotatable bonds is 3. The molecule has 0 N–H and O–H groups in total. The molecule has 1 saturated heterocycles. The first-order valence-electron chi connectivity index (χ1n) is 6.82. The van der Waals surface area contributed by atoms with E-state index in [0.717, 1.165) is 13.1 Å². The van der Waals surface area contributed by atoms with Crippen molar-refractivity contribution in [2.45, 2.75) is 52.0 Å². The average Bonchev–Trinajstić information content (AvgIpc) is 2.76. The topological polar surface area (TPSA) is 21.1 Å². The van der Waals surface area contributed by atoms with Crippen LogP contribution in [0.1, 0.15) is 45.7 Å². The fraction of sp³-hybridized carbons (Fsp3) is 0.786. The van der Waals surface area contributed by atoms with Crippen molar-refractivity contribution >= 4 is 0 Å². The number of hydrogen-bond acceptors (Lipinski definition) is 2. The Morgan fingerprint density at radius 2 is 1.82 bits per heavy atom. The van der Waals surface area contributed by atoms with Crippen LogP contribution >= 0.6 is 0 Å². The molecule has 1 aliphatic rings. The highest BCUT2D eigenvalue weighted by molar-refractivity contribution is 5.10. The molecule has 1 aromatic rings. The summed E-state index contributed by atoms with van der Waals surface area (Å²) in [6.45, 7) is 11.3. The van der Waals surface area contributed by atoms with E-state index in [1.807, 2.05) is 0 Å². The summed E-state index contributed by atoms with van der Waals surface area (Å²) in [4.78, 5) is 2.56. The molecule has 0 aromatic carbocycles. The molecule has 0 atom stereocenters. The van der Waals surface area contributed by atoms with Crippen LogP contribution in [0.2, 0.25) is 0 Å². The molecule has 2 heterocycles. The Labute approximate surface area is 105 Å². The summed E-state index contributed by atoms with van der Waals surface area (Å²) in [6.07, 6.45) is 6.26. The highest BCUT2D eigenvalue weighted by Gasteiger charge is 2.17. The minimum Gasteiger partial charge on any atom is -0.301 e. The zero-order chi connectivity index (χ0) is 12.3. The standard InChI is InChI=1S/C14H25N3/c1-14(2,3)13-7-10-17(15-13)12-11-16-8-5-4-6-9-16/h7,10H,4-6,8-9,11-12H2,1-3H3. The summed E-state index contributed by atoms with van der Waals surface area (Å²) in [5, 5.41) is 4.66. The molecule has 17 heavy (non-hydrogen) atoms. The van der Waals surface area contributed by atoms with Crippen molar-refractivity contribution < 1.29 is 0 Å². The molecular formula is C14H25N3. The second-order valence-corrected chi connectivity index (χ2v) is 6.12. The van der Waals surface area contributed by atoms with Crippen molar-refractivity contribution in [3.63, 3.8) is 0 Å². The summed E-state index contributed by atoms with van der Waals surface area (Å²) < 4.78 is 2.09.